The van der Waals surface area contributed by atoms with Gasteiger partial charge in [0.2, 0.25) is 5.60 Å². The smallest absolute Gasteiger partial charge is 0.371 e. The number of aryl methyl sites for hydroxylation is 1. The number of hydrogen-bond donors (Lipinski definition) is 1. The van der Waals surface area contributed by atoms with Gasteiger partial charge in [-0.1, -0.05) is 6.07 Å². The average molecular weight is 433 g/mol. The molecule has 0 saturated heterocycles. The Morgan fingerprint density at radius 3 is 2.23 bits per heavy atom. The molecule has 0 aliphatic heterocycles. The molecule has 0 bridgehead atoms. The zero-order chi connectivity index (χ0) is 22.1. The first-order chi connectivity index (χ1) is 13.9. The number of halogens is 6. The summed E-state index contributed by atoms with van der Waals surface area (Å²) in [5.74, 6) is 0. The molecule has 3 aromatic rings. The van der Waals surface area contributed by atoms with Crippen molar-refractivity contribution in [2.75, 3.05) is 0 Å². The van der Waals surface area contributed by atoms with Crippen molar-refractivity contribution >= 4 is 11.0 Å². The van der Waals surface area contributed by atoms with Gasteiger partial charge in [0.25, 0.3) is 5.56 Å². The Morgan fingerprint density at radius 2 is 1.73 bits per heavy atom. The molecule has 0 unspecified atom stereocenters. The zero-order valence-electron chi connectivity index (χ0n) is 15.2. The summed E-state index contributed by atoms with van der Waals surface area (Å²) < 4.78 is 82.3. The SMILES string of the molecule is Cn1nc2c(=O)n(C3CC3)cnc2c1[C@@](O)(c1ccc(C(F)(F)F)nc1)C(F)(F)F. The highest BCUT2D eigenvalue weighted by molar-refractivity contribution is 5.78. The van der Waals surface area contributed by atoms with E-state index in [2.05, 4.69) is 15.1 Å². The number of alkyl halides is 6. The number of aliphatic hydroxyl groups is 1. The van der Waals surface area contributed by atoms with Crippen LogP contribution < -0.4 is 5.56 Å². The van der Waals surface area contributed by atoms with E-state index in [9.17, 15) is 36.2 Å². The fourth-order valence-corrected chi connectivity index (χ4v) is 3.30. The van der Waals surface area contributed by atoms with E-state index in [0.717, 1.165) is 26.2 Å². The lowest BCUT2D eigenvalue weighted by molar-refractivity contribution is -0.250. The third-order valence-corrected chi connectivity index (χ3v) is 4.94. The molecule has 0 spiro atoms. The topological polar surface area (TPSA) is 85.8 Å². The van der Waals surface area contributed by atoms with E-state index in [-0.39, 0.29) is 11.6 Å². The Bertz CT molecular complexity index is 1180. The Kier molecular flexibility index (Phi) is 4.24. The molecule has 30 heavy (non-hydrogen) atoms. The van der Waals surface area contributed by atoms with Gasteiger partial charge in [-0.25, -0.2) is 4.98 Å². The van der Waals surface area contributed by atoms with E-state index in [1.807, 2.05) is 0 Å². The van der Waals surface area contributed by atoms with Crippen LogP contribution in [-0.4, -0.2) is 35.6 Å². The third kappa shape index (κ3) is 2.95. The Morgan fingerprint density at radius 1 is 1.07 bits per heavy atom. The first kappa shape index (κ1) is 20.3. The lowest BCUT2D eigenvalue weighted by Gasteiger charge is -2.31. The maximum absolute atomic E-state index is 14.1. The highest BCUT2D eigenvalue weighted by atomic mass is 19.4. The van der Waals surface area contributed by atoms with Crippen LogP contribution in [0.3, 0.4) is 0 Å². The van der Waals surface area contributed by atoms with E-state index >= 15 is 0 Å². The van der Waals surface area contributed by atoms with Gasteiger partial charge in [0.15, 0.2) is 5.52 Å². The molecule has 1 aliphatic rings. The van der Waals surface area contributed by atoms with E-state index in [1.165, 1.54) is 4.57 Å². The third-order valence-electron chi connectivity index (χ3n) is 4.94. The number of nitrogens with zero attached hydrogens (tertiary/aromatic N) is 5. The molecule has 1 atom stereocenters. The van der Waals surface area contributed by atoms with Crippen LogP contribution in [-0.2, 0) is 18.8 Å². The molecule has 3 heterocycles. The summed E-state index contributed by atoms with van der Waals surface area (Å²) in [5.41, 5.74) is -8.65. The minimum Gasteiger partial charge on any atom is -0.371 e. The lowest BCUT2D eigenvalue weighted by atomic mass is 9.89. The first-order valence-electron chi connectivity index (χ1n) is 8.63. The quantitative estimate of drug-likeness (QED) is 0.642. The minimum atomic E-state index is -5.39. The average Bonchev–Trinajstić information content (AvgIpc) is 3.42. The molecule has 7 nitrogen and oxygen atoms in total. The largest absolute Gasteiger partial charge is 0.433 e. The number of hydrogen-bond acceptors (Lipinski definition) is 5. The minimum absolute atomic E-state index is 0.111. The van der Waals surface area contributed by atoms with Crippen molar-refractivity contribution in [1.29, 1.82) is 0 Å². The molecule has 3 aromatic heterocycles. The molecule has 1 N–H and O–H groups in total. The van der Waals surface area contributed by atoms with Crippen LogP contribution in [0.4, 0.5) is 26.3 Å². The summed E-state index contributed by atoms with van der Waals surface area (Å²) in [7, 11) is 1.08. The molecule has 13 heteroatoms. The number of rotatable bonds is 3. The van der Waals surface area contributed by atoms with Crippen molar-refractivity contribution in [2.24, 2.45) is 7.05 Å². The van der Waals surface area contributed by atoms with Gasteiger partial charge < -0.3 is 5.11 Å². The number of aromatic nitrogens is 5. The summed E-state index contributed by atoms with van der Waals surface area (Å²) >= 11 is 0. The van der Waals surface area contributed by atoms with Gasteiger partial charge in [0.05, 0.1) is 6.33 Å². The van der Waals surface area contributed by atoms with E-state index < -0.39 is 46.0 Å². The summed E-state index contributed by atoms with van der Waals surface area (Å²) in [4.78, 5) is 19.5. The normalized spacial score (nSPS) is 17.3. The first-order valence-corrected chi connectivity index (χ1v) is 8.63. The molecule has 0 aromatic carbocycles. The standard InChI is InChI=1S/C17H13F6N5O2/c1-27-13(11-12(26-27)14(29)28(7-25-11)9-3-4-9)15(30,17(21,22)23)8-2-5-10(24-6-8)16(18,19)20/h2,5-7,9,30H,3-4H2,1H3/t15-/m0/s1. The van der Waals surface area contributed by atoms with Crippen molar-refractivity contribution < 1.29 is 31.4 Å². The lowest BCUT2D eigenvalue weighted by Crippen LogP contribution is -2.45. The van der Waals surface area contributed by atoms with Crippen molar-refractivity contribution in [1.82, 2.24) is 24.3 Å². The van der Waals surface area contributed by atoms with E-state index in [0.29, 0.717) is 23.0 Å². The molecule has 0 radical (unpaired) electrons. The molecule has 4 rings (SSSR count). The van der Waals surface area contributed by atoms with Crippen LogP contribution in [0.5, 0.6) is 0 Å². The molecule has 160 valence electrons. The highest BCUT2D eigenvalue weighted by Crippen LogP contribution is 2.46. The maximum atomic E-state index is 14.1. The summed E-state index contributed by atoms with van der Waals surface area (Å²) in [6.45, 7) is 0. The van der Waals surface area contributed by atoms with E-state index in [1.54, 1.807) is 0 Å². The second-order valence-electron chi connectivity index (χ2n) is 7.00. The van der Waals surface area contributed by atoms with E-state index in [4.69, 9.17) is 0 Å². The van der Waals surface area contributed by atoms with Gasteiger partial charge >= 0.3 is 12.4 Å². The van der Waals surface area contributed by atoms with Crippen LogP contribution in [0, 0.1) is 0 Å². The zero-order valence-corrected chi connectivity index (χ0v) is 15.2. The van der Waals surface area contributed by atoms with Crippen LogP contribution >= 0.6 is 0 Å². The highest BCUT2D eigenvalue weighted by Gasteiger charge is 2.59. The van der Waals surface area contributed by atoms with Gasteiger partial charge in [0.1, 0.15) is 16.9 Å². The van der Waals surface area contributed by atoms with Gasteiger partial charge in [0, 0.05) is 24.8 Å². The van der Waals surface area contributed by atoms with Gasteiger partial charge in [-0.2, -0.15) is 31.4 Å². The van der Waals surface area contributed by atoms with Gasteiger partial charge in [-0.15, -0.1) is 0 Å². The van der Waals surface area contributed by atoms with Crippen molar-refractivity contribution in [3.8, 4) is 0 Å². The van der Waals surface area contributed by atoms with Crippen LogP contribution in [0.15, 0.2) is 29.5 Å². The molecule has 1 saturated carbocycles. The molecule has 0 amide bonds. The summed E-state index contributed by atoms with van der Waals surface area (Å²) in [5, 5.41) is 14.6. The number of fused-ring (bicyclic) bond motifs is 1. The van der Waals surface area contributed by atoms with Gasteiger partial charge in [-0.05, 0) is 18.9 Å². The molecular formula is C17H13F6N5O2. The molecule has 1 aliphatic carbocycles. The van der Waals surface area contributed by atoms with Crippen LogP contribution in [0.1, 0.15) is 35.8 Å². The Balaban J connectivity index is 1.96. The van der Waals surface area contributed by atoms with Crippen LogP contribution in [0.25, 0.3) is 11.0 Å². The second kappa shape index (κ2) is 6.27. The fraction of sp³-hybridized carbons (Fsp3) is 0.412. The fourth-order valence-electron chi connectivity index (χ4n) is 3.30. The molecule has 1 fully saturated rings. The summed E-state index contributed by atoms with van der Waals surface area (Å²) in [6.07, 6.45) is -7.45. The van der Waals surface area contributed by atoms with Crippen LogP contribution in [0.2, 0.25) is 0 Å². The summed E-state index contributed by atoms with van der Waals surface area (Å²) in [6, 6.07) is 0.701. The second-order valence-corrected chi connectivity index (χ2v) is 7.00. The van der Waals surface area contributed by atoms with Crippen molar-refractivity contribution in [3.05, 3.63) is 52.0 Å². The Hall–Kier alpha value is -2.96. The molecular weight excluding hydrogens is 420 g/mol. The van der Waals surface area contributed by atoms with Crippen molar-refractivity contribution in [2.45, 2.75) is 36.8 Å². The van der Waals surface area contributed by atoms with Gasteiger partial charge in [-0.3, -0.25) is 19.0 Å². The maximum Gasteiger partial charge on any atom is 0.433 e. The monoisotopic (exact) mass is 433 g/mol. The number of pyridine rings is 1. The predicted molar refractivity (Wildman–Crippen MR) is 89.3 cm³/mol. The predicted octanol–water partition coefficient (Wildman–Crippen LogP) is 2.68. The Labute approximate surface area is 163 Å². The van der Waals surface area contributed by atoms with Crippen molar-refractivity contribution in [3.63, 3.8) is 0 Å².